The van der Waals surface area contributed by atoms with Crippen molar-refractivity contribution in [1.82, 2.24) is 19.9 Å². The van der Waals surface area contributed by atoms with E-state index in [1.807, 2.05) is 26.0 Å². The molecule has 1 aliphatic carbocycles. The summed E-state index contributed by atoms with van der Waals surface area (Å²) >= 11 is 0. The van der Waals surface area contributed by atoms with Gasteiger partial charge in [0.05, 0.1) is 22.8 Å². The Balaban J connectivity index is 1.75. The van der Waals surface area contributed by atoms with Crippen molar-refractivity contribution in [3.63, 3.8) is 0 Å². The second-order valence-corrected chi connectivity index (χ2v) is 12.9. The molecule has 0 saturated carbocycles. The Morgan fingerprint density at radius 3 is 2.02 bits per heavy atom. The number of aromatic nitrogens is 4. The van der Waals surface area contributed by atoms with Gasteiger partial charge in [0.15, 0.2) is 0 Å². The zero-order valence-electron chi connectivity index (χ0n) is 27.0. The van der Waals surface area contributed by atoms with Crippen LogP contribution in [-0.2, 0) is 21.4 Å². The Hall–Kier alpha value is -4.72. The normalized spacial score (nSPS) is 19.3. The Morgan fingerprint density at radius 2 is 1.33 bits per heavy atom. The standard InChI is InChI=1S/C37H40N4O4/c1-18-8-11-26-33-15-29-22(5)25(10-13-36(44)45)32(40-29)16-31-24(9-12-35(42)43)21(4)28(39-31)14-27-19(2)20(3)30(38-27)17-34(41-33)37(26,7)23(18)6/h8,11,14-17,23,38,40H,9-10,12-13H2,1-7H3,(H,42,43)(H,44,45). The lowest BCUT2D eigenvalue weighted by Gasteiger charge is -2.36. The van der Waals surface area contributed by atoms with Crippen molar-refractivity contribution in [3.8, 4) is 0 Å². The summed E-state index contributed by atoms with van der Waals surface area (Å²) in [5.41, 5.74) is 15.0. The van der Waals surface area contributed by atoms with E-state index >= 15 is 0 Å². The summed E-state index contributed by atoms with van der Waals surface area (Å²) in [5.74, 6) is -1.49. The molecule has 5 heterocycles. The predicted octanol–water partition coefficient (Wildman–Crippen LogP) is 7.99. The molecule has 8 bridgehead atoms. The van der Waals surface area contributed by atoms with E-state index in [0.29, 0.717) is 18.5 Å². The number of allylic oxidation sites excluding steroid dienone is 6. The fraction of sp³-hybridized carbons (Fsp3) is 0.351. The highest BCUT2D eigenvalue weighted by molar-refractivity contribution is 5.94. The molecule has 8 heteroatoms. The van der Waals surface area contributed by atoms with Crippen molar-refractivity contribution in [2.45, 2.75) is 79.6 Å². The van der Waals surface area contributed by atoms with Gasteiger partial charge >= 0.3 is 11.9 Å². The number of aliphatic carboxylic acids is 2. The fourth-order valence-electron chi connectivity index (χ4n) is 7.04. The molecule has 6 rings (SSSR count). The first-order valence-electron chi connectivity index (χ1n) is 15.5. The quantitative estimate of drug-likeness (QED) is 0.225. The number of hydrogen-bond donors (Lipinski definition) is 4. The molecule has 3 aromatic heterocycles. The minimum Gasteiger partial charge on any atom is -0.481 e. The maximum atomic E-state index is 11.6. The summed E-state index contributed by atoms with van der Waals surface area (Å²) in [5, 5.41) is 19.1. The number of carbonyl (C=O) groups is 2. The zero-order chi connectivity index (χ0) is 32.4. The van der Waals surface area contributed by atoms with Crippen molar-refractivity contribution < 1.29 is 19.8 Å². The molecule has 2 atom stereocenters. The third-order valence-corrected chi connectivity index (χ3v) is 10.5. The van der Waals surface area contributed by atoms with Crippen LogP contribution in [0.5, 0.6) is 0 Å². The van der Waals surface area contributed by atoms with E-state index in [1.54, 1.807) is 0 Å². The highest BCUT2D eigenvalue weighted by atomic mass is 16.4. The Kier molecular flexibility index (Phi) is 7.42. The molecule has 45 heavy (non-hydrogen) atoms. The van der Waals surface area contributed by atoms with Crippen LogP contribution in [0.4, 0.5) is 0 Å². The molecule has 3 aromatic rings. The van der Waals surface area contributed by atoms with Gasteiger partial charge in [0.1, 0.15) is 0 Å². The molecule has 0 fully saturated rings. The number of H-pyrrole nitrogens is 2. The molecule has 8 nitrogen and oxygen atoms in total. The first-order valence-corrected chi connectivity index (χ1v) is 15.5. The van der Waals surface area contributed by atoms with Crippen LogP contribution in [0.1, 0.15) is 92.0 Å². The molecule has 2 unspecified atom stereocenters. The number of rotatable bonds is 6. The molecule has 3 aliphatic rings. The monoisotopic (exact) mass is 604 g/mol. The number of carboxylic acid groups (broad SMARTS) is 2. The average molecular weight is 605 g/mol. The number of hydrogen-bond acceptors (Lipinski definition) is 4. The van der Waals surface area contributed by atoms with E-state index in [-0.39, 0.29) is 24.2 Å². The van der Waals surface area contributed by atoms with E-state index < -0.39 is 11.9 Å². The van der Waals surface area contributed by atoms with E-state index in [0.717, 1.165) is 78.1 Å². The molecule has 0 aromatic carbocycles. The average Bonchev–Trinajstić information content (AvgIpc) is 3.62. The number of aromatic amines is 2. The number of carboxylic acids is 2. The van der Waals surface area contributed by atoms with Crippen LogP contribution in [-0.4, -0.2) is 42.1 Å². The molecule has 0 amide bonds. The van der Waals surface area contributed by atoms with Gasteiger partial charge in [-0.3, -0.25) is 14.6 Å². The highest BCUT2D eigenvalue weighted by Crippen LogP contribution is 2.51. The topological polar surface area (TPSA) is 132 Å². The lowest BCUT2D eigenvalue weighted by Crippen LogP contribution is -2.31. The molecule has 2 aliphatic heterocycles. The van der Waals surface area contributed by atoms with Gasteiger partial charge < -0.3 is 20.2 Å². The summed E-state index contributed by atoms with van der Waals surface area (Å²) in [6.07, 6.45) is 5.04. The Morgan fingerprint density at radius 1 is 0.756 bits per heavy atom. The van der Waals surface area contributed by atoms with E-state index in [4.69, 9.17) is 9.97 Å². The van der Waals surface area contributed by atoms with Gasteiger partial charge in [-0.2, -0.15) is 0 Å². The number of aryl methyl sites for hydroxylation is 4. The molecule has 0 radical (unpaired) electrons. The Bertz CT molecular complexity index is 2060. The van der Waals surface area contributed by atoms with Gasteiger partial charge in [0, 0.05) is 40.3 Å². The minimum atomic E-state index is -0.868. The lowest BCUT2D eigenvalue weighted by atomic mass is 9.65. The van der Waals surface area contributed by atoms with E-state index in [9.17, 15) is 19.8 Å². The van der Waals surface area contributed by atoms with Gasteiger partial charge in [-0.05, 0) is 124 Å². The minimum absolute atomic E-state index is 0.0104. The summed E-state index contributed by atoms with van der Waals surface area (Å²) in [4.78, 5) is 40.8. The summed E-state index contributed by atoms with van der Waals surface area (Å²) in [7, 11) is 0. The van der Waals surface area contributed by atoms with Crippen molar-refractivity contribution in [2.24, 2.45) is 5.92 Å². The molecule has 4 N–H and O–H groups in total. The van der Waals surface area contributed by atoms with Gasteiger partial charge in [-0.1, -0.05) is 24.6 Å². The first-order chi connectivity index (χ1) is 21.3. The van der Waals surface area contributed by atoms with Crippen LogP contribution in [0.2, 0.25) is 0 Å². The maximum Gasteiger partial charge on any atom is 0.303 e. The van der Waals surface area contributed by atoms with Crippen LogP contribution in [0.25, 0.3) is 38.8 Å². The van der Waals surface area contributed by atoms with Crippen molar-refractivity contribution in [3.05, 3.63) is 87.0 Å². The first kappa shape index (κ1) is 30.3. The second kappa shape index (κ2) is 11.0. The summed E-state index contributed by atoms with van der Waals surface area (Å²) in [6, 6.07) is 8.27. The molecular formula is C37H40N4O4. The summed E-state index contributed by atoms with van der Waals surface area (Å²) < 4.78 is 0. The molecule has 232 valence electrons. The van der Waals surface area contributed by atoms with Crippen LogP contribution in [0.15, 0.2) is 42.0 Å². The number of nitrogens with one attached hydrogen (secondary N) is 2. The van der Waals surface area contributed by atoms with Gasteiger partial charge in [0.25, 0.3) is 0 Å². The maximum absolute atomic E-state index is 11.6. The molecule has 0 spiro atoms. The zero-order valence-corrected chi connectivity index (χ0v) is 27.0. The molecular weight excluding hydrogens is 564 g/mol. The highest BCUT2D eigenvalue weighted by Gasteiger charge is 2.45. The largest absolute Gasteiger partial charge is 0.481 e. The lowest BCUT2D eigenvalue weighted by molar-refractivity contribution is -0.137. The SMILES string of the molecule is CC1=CC=C2c3cc4[nH]c(cc5nc(cc6[nH]c(cc(n3)C2(C)C1C)c(C)c6C)C(C)=C5CCC(=O)O)c(CCC(=O)O)c4C. The third kappa shape index (κ3) is 5.02. The van der Waals surface area contributed by atoms with Gasteiger partial charge in [-0.15, -0.1) is 0 Å². The van der Waals surface area contributed by atoms with Gasteiger partial charge in [0.2, 0.25) is 0 Å². The number of nitrogens with zero attached hydrogens (tertiary/aromatic N) is 2. The van der Waals surface area contributed by atoms with Crippen LogP contribution in [0.3, 0.4) is 0 Å². The van der Waals surface area contributed by atoms with E-state index in [2.05, 4.69) is 68.9 Å². The Labute approximate surface area is 262 Å². The van der Waals surface area contributed by atoms with E-state index in [1.165, 1.54) is 5.57 Å². The number of fused-ring (bicyclic) bond motifs is 11. The van der Waals surface area contributed by atoms with Crippen LogP contribution in [0, 0.1) is 26.7 Å². The van der Waals surface area contributed by atoms with Crippen molar-refractivity contribution >= 4 is 50.7 Å². The smallest absolute Gasteiger partial charge is 0.303 e. The third-order valence-electron chi connectivity index (χ3n) is 10.5. The fourth-order valence-corrected chi connectivity index (χ4v) is 7.04. The van der Waals surface area contributed by atoms with Crippen LogP contribution >= 0.6 is 0 Å². The second-order valence-electron chi connectivity index (χ2n) is 12.9. The van der Waals surface area contributed by atoms with Crippen LogP contribution < -0.4 is 0 Å². The van der Waals surface area contributed by atoms with Crippen molar-refractivity contribution in [2.75, 3.05) is 0 Å². The van der Waals surface area contributed by atoms with Crippen molar-refractivity contribution in [1.29, 1.82) is 0 Å². The van der Waals surface area contributed by atoms with Gasteiger partial charge in [-0.25, -0.2) is 4.98 Å². The molecule has 0 saturated heterocycles. The summed E-state index contributed by atoms with van der Waals surface area (Å²) in [6.45, 7) is 14.9. The predicted molar refractivity (Wildman–Crippen MR) is 179 cm³/mol.